The number of rotatable bonds is 9. The lowest BCUT2D eigenvalue weighted by molar-refractivity contribution is -0.139. The predicted molar refractivity (Wildman–Crippen MR) is 148 cm³/mol. The predicted octanol–water partition coefficient (Wildman–Crippen LogP) is 5.04. The Labute approximate surface area is 227 Å². The molecule has 1 aliphatic rings. The highest BCUT2D eigenvalue weighted by atomic mass is 79.9. The van der Waals surface area contributed by atoms with Crippen LogP contribution in [-0.4, -0.2) is 50.0 Å². The van der Waals surface area contributed by atoms with E-state index in [9.17, 15) is 18.0 Å². The van der Waals surface area contributed by atoms with Crippen molar-refractivity contribution >= 4 is 55.1 Å². The number of sulfonamides is 1. The second-order valence-corrected chi connectivity index (χ2v) is 12.5. The largest absolute Gasteiger partial charge is 0.352 e. The number of hydrogen-bond acceptors (Lipinski definition) is 4. The third-order valence-electron chi connectivity index (χ3n) is 6.53. The third kappa shape index (κ3) is 7.46. The lowest BCUT2D eigenvalue weighted by atomic mass is 9.95. The van der Waals surface area contributed by atoms with Crippen molar-refractivity contribution in [3.63, 3.8) is 0 Å². The van der Waals surface area contributed by atoms with Crippen molar-refractivity contribution in [3.8, 4) is 0 Å². The van der Waals surface area contributed by atoms with Crippen LogP contribution in [0.15, 0.2) is 46.9 Å². The second-order valence-electron chi connectivity index (χ2n) is 9.34. The van der Waals surface area contributed by atoms with Gasteiger partial charge in [-0.3, -0.25) is 13.9 Å². The van der Waals surface area contributed by atoms with Crippen molar-refractivity contribution < 1.29 is 18.0 Å². The molecule has 1 atom stereocenters. The molecule has 0 unspecified atom stereocenters. The molecule has 196 valence electrons. The van der Waals surface area contributed by atoms with Gasteiger partial charge in [0.15, 0.2) is 0 Å². The average Bonchev–Trinajstić information content (AvgIpc) is 2.83. The zero-order valence-electron chi connectivity index (χ0n) is 20.8. The molecule has 7 nitrogen and oxygen atoms in total. The first-order valence-corrected chi connectivity index (χ1v) is 15.1. The van der Waals surface area contributed by atoms with Gasteiger partial charge in [0.1, 0.15) is 12.6 Å². The Hall–Kier alpha value is -2.10. The minimum atomic E-state index is -3.78. The molecule has 36 heavy (non-hydrogen) atoms. The Morgan fingerprint density at radius 1 is 1.14 bits per heavy atom. The Morgan fingerprint density at radius 2 is 1.81 bits per heavy atom. The van der Waals surface area contributed by atoms with Crippen molar-refractivity contribution in [1.82, 2.24) is 10.2 Å². The second kappa shape index (κ2) is 12.4. The van der Waals surface area contributed by atoms with Gasteiger partial charge in [-0.25, -0.2) is 8.42 Å². The molecule has 1 aliphatic carbocycles. The van der Waals surface area contributed by atoms with E-state index in [0.29, 0.717) is 16.3 Å². The summed E-state index contributed by atoms with van der Waals surface area (Å²) in [7, 11) is -3.78. The van der Waals surface area contributed by atoms with E-state index in [1.54, 1.807) is 43.3 Å². The maximum Gasteiger partial charge on any atom is 0.244 e. The summed E-state index contributed by atoms with van der Waals surface area (Å²) in [5.41, 5.74) is 1.89. The van der Waals surface area contributed by atoms with Gasteiger partial charge in [0.25, 0.3) is 0 Å². The van der Waals surface area contributed by atoms with E-state index < -0.39 is 28.5 Å². The normalized spacial score (nSPS) is 15.2. The molecule has 3 rings (SSSR count). The van der Waals surface area contributed by atoms with Crippen LogP contribution in [0, 0.1) is 6.92 Å². The van der Waals surface area contributed by atoms with Gasteiger partial charge >= 0.3 is 0 Å². The van der Waals surface area contributed by atoms with Gasteiger partial charge in [-0.15, -0.1) is 0 Å². The van der Waals surface area contributed by atoms with Crippen LogP contribution in [-0.2, 0) is 26.2 Å². The molecule has 1 N–H and O–H groups in total. The standard InChI is InChI=1S/C26H33BrClN3O4S/c1-18-15-22(13-14-23(18)27)31(36(3,34)35)17-25(32)30(16-20-9-7-8-12-24(20)28)19(2)26(33)29-21-10-5-4-6-11-21/h7-9,12-15,19,21H,4-6,10-11,16-17H2,1-3H3,(H,29,33)/t19-/m0/s1. The fourth-order valence-electron chi connectivity index (χ4n) is 4.36. The summed E-state index contributed by atoms with van der Waals surface area (Å²) in [6.07, 6.45) is 6.20. The van der Waals surface area contributed by atoms with E-state index in [4.69, 9.17) is 11.6 Å². The van der Waals surface area contributed by atoms with Crippen LogP contribution in [0.4, 0.5) is 5.69 Å². The number of amides is 2. The maximum absolute atomic E-state index is 13.7. The maximum atomic E-state index is 13.7. The van der Waals surface area contributed by atoms with Crippen molar-refractivity contribution in [2.45, 2.75) is 64.6 Å². The summed E-state index contributed by atoms with van der Waals surface area (Å²) in [6.45, 7) is 3.15. The number of nitrogens with one attached hydrogen (secondary N) is 1. The van der Waals surface area contributed by atoms with Crippen LogP contribution in [0.3, 0.4) is 0 Å². The van der Waals surface area contributed by atoms with E-state index in [1.807, 2.05) is 13.0 Å². The minimum absolute atomic E-state index is 0.0781. The van der Waals surface area contributed by atoms with Crippen molar-refractivity contribution in [2.24, 2.45) is 0 Å². The quantitative estimate of drug-likeness (QED) is 0.438. The molecule has 0 radical (unpaired) electrons. The number of aryl methyl sites for hydroxylation is 1. The number of nitrogens with zero attached hydrogens (tertiary/aromatic N) is 2. The van der Waals surface area contributed by atoms with Gasteiger partial charge in [0.2, 0.25) is 21.8 Å². The Kier molecular flexibility index (Phi) is 9.83. The van der Waals surface area contributed by atoms with Crippen LogP contribution in [0.1, 0.15) is 50.2 Å². The van der Waals surface area contributed by atoms with E-state index in [1.165, 1.54) is 4.90 Å². The lowest BCUT2D eigenvalue weighted by Gasteiger charge is -2.33. The van der Waals surface area contributed by atoms with E-state index in [0.717, 1.165) is 52.7 Å². The van der Waals surface area contributed by atoms with Crippen molar-refractivity contribution in [1.29, 1.82) is 0 Å². The molecule has 2 aromatic carbocycles. The van der Waals surface area contributed by atoms with E-state index >= 15 is 0 Å². The molecule has 10 heteroatoms. The number of benzene rings is 2. The molecule has 0 saturated heterocycles. The van der Waals surface area contributed by atoms with E-state index in [-0.39, 0.29) is 18.5 Å². The lowest BCUT2D eigenvalue weighted by Crippen LogP contribution is -2.53. The zero-order valence-corrected chi connectivity index (χ0v) is 24.0. The summed E-state index contributed by atoms with van der Waals surface area (Å²) in [4.78, 5) is 28.3. The molecule has 0 aliphatic heterocycles. The molecular weight excluding hydrogens is 566 g/mol. The Morgan fingerprint density at radius 3 is 2.42 bits per heavy atom. The molecule has 1 fully saturated rings. The number of carbonyl (C=O) groups excluding carboxylic acids is 2. The summed E-state index contributed by atoms with van der Waals surface area (Å²) < 4.78 is 27.3. The van der Waals surface area contributed by atoms with Gasteiger partial charge in [-0.1, -0.05) is 65.0 Å². The average molecular weight is 599 g/mol. The van der Waals surface area contributed by atoms with Crippen LogP contribution >= 0.6 is 27.5 Å². The number of halogens is 2. The van der Waals surface area contributed by atoms with E-state index in [2.05, 4.69) is 21.2 Å². The minimum Gasteiger partial charge on any atom is -0.352 e. The summed E-state index contributed by atoms with van der Waals surface area (Å²) in [5, 5.41) is 3.55. The first-order chi connectivity index (χ1) is 17.0. The van der Waals surface area contributed by atoms with Crippen LogP contribution in [0.2, 0.25) is 5.02 Å². The number of hydrogen-bond donors (Lipinski definition) is 1. The summed E-state index contributed by atoms with van der Waals surface area (Å²) in [5.74, 6) is -0.750. The monoisotopic (exact) mass is 597 g/mol. The highest BCUT2D eigenvalue weighted by Gasteiger charge is 2.31. The molecule has 0 aromatic heterocycles. The molecule has 2 aromatic rings. The first kappa shape index (κ1) is 28.5. The highest BCUT2D eigenvalue weighted by Crippen LogP contribution is 2.26. The molecule has 0 bridgehead atoms. The SMILES string of the molecule is Cc1cc(N(CC(=O)N(Cc2ccccc2Cl)[C@@H](C)C(=O)NC2CCCCC2)S(C)(=O)=O)ccc1Br. The molecular formula is C26H33BrClN3O4S. The molecule has 0 spiro atoms. The Balaban J connectivity index is 1.89. The van der Waals surface area contributed by atoms with Gasteiger partial charge in [-0.05, 0) is 62.1 Å². The van der Waals surface area contributed by atoms with Gasteiger partial charge < -0.3 is 10.2 Å². The van der Waals surface area contributed by atoms with Gasteiger partial charge in [-0.2, -0.15) is 0 Å². The number of anilines is 1. The zero-order chi connectivity index (χ0) is 26.5. The fourth-order valence-corrected chi connectivity index (χ4v) is 5.64. The molecule has 1 saturated carbocycles. The Bertz CT molecular complexity index is 1200. The van der Waals surface area contributed by atoms with Crippen LogP contribution in [0.5, 0.6) is 0 Å². The summed E-state index contributed by atoms with van der Waals surface area (Å²) >= 11 is 9.79. The van der Waals surface area contributed by atoms with Crippen LogP contribution < -0.4 is 9.62 Å². The fraction of sp³-hybridized carbons (Fsp3) is 0.462. The smallest absolute Gasteiger partial charge is 0.244 e. The van der Waals surface area contributed by atoms with Gasteiger partial charge in [0.05, 0.1) is 11.9 Å². The van der Waals surface area contributed by atoms with Gasteiger partial charge in [0, 0.05) is 22.1 Å². The third-order valence-corrected chi connectivity index (χ3v) is 8.93. The van der Waals surface area contributed by atoms with Crippen molar-refractivity contribution in [2.75, 3.05) is 17.1 Å². The van der Waals surface area contributed by atoms with Crippen molar-refractivity contribution in [3.05, 3.63) is 63.1 Å². The summed E-state index contributed by atoms with van der Waals surface area (Å²) in [6, 6.07) is 11.5. The first-order valence-electron chi connectivity index (χ1n) is 12.0. The molecule has 0 heterocycles. The topological polar surface area (TPSA) is 86.8 Å². The van der Waals surface area contributed by atoms with Crippen LogP contribution in [0.25, 0.3) is 0 Å². The number of carbonyl (C=O) groups is 2. The highest BCUT2D eigenvalue weighted by molar-refractivity contribution is 9.10. The molecule has 2 amide bonds.